The molecule has 0 aliphatic rings. The number of ketones is 1. The van der Waals surface area contributed by atoms with Crippen molar-refractivity contribution in [2.45, 2.75) is 17.6 Å². The van der Waals surface area contributed by atoms with Crippen LogP contribution in [0.1, 0.15) is 28.6 Å². The van der Waals surface area contributed by atoms with E-state index >= 15 is 0 Å². The van der Waals surface area contributed by atoms with Gasteiger partial charge in [-0.15, -0.1) is 23.1 Å². The lowest BCUT2D eigenvalue weighted by molar-refractivity contribution is 0.0993. The molecule has 74 valence electrons. The maximum atomic E-state index is 11.4. The van der Waals surface area contributed by atoms with Gasteiger partial charge in [-0.05, 0) is 6.26 Å². The summed E-state index contributed by atoms with van der Waals surface area (Å²) in [5.41, 5.74) is 6.51. The van der Waals surface area contributed by atoms with Gasteiger partial charge in [0.05, 0.1) is 14.8 Å². The molecule has 0 aromatic carbocycles. The van der Waals surface area contributed by atoms with Crippen LogP contribution in [0, 0.1) is 11.3 Å². The van der Waals surface area contributed by atoms with Crippen molar-refractivity contribution in [3.05, 3.63) is 10.4 Å². The van der Waals surface area contributed by atoms with Gasteiger partial charge in [0, 0.05) is 6.42 Å². The van der Waals surface area contributed by atoms with Crippen LogP contribution in [-0.2, 0) is 0 Å². The number of rotatable bonds is 3. The van der Waals surface area contributed by atoms with Gasteiger partial charge in [-0.2, -0.15) is 5.26 Å². The summed E-state index contributed by atoms with van der Waals surface area (Å²) in [6, 6.07) is 2.03. The van der Waals surface area contributed by atoms with E-state index in [2.05, 4.69) is 0 Å². The van der Waals surface area contributed by atoms with Crippen LogP contribution in [0.3, 0.4) is 0 Å². The Kier molecular flexibility index (Phi) is 3.55. The summed E-state index contributed by atoms with van der Waals surface area (Å²) in [7, 11) is 0. The van der Waals surface area contributed by atoms with Crippen LogP contribution < -0.4 is 5.73 Å². The third-order valence-corrected chi connectivity index (χ3v) is 4.15. The first-order valence-corrected chi connectivity index (χ1v) is 6.09. The molecule has 1 rings (SSSR count). The number of nitrogens with zero attached hydrogens (tertiary/aromatic N) is 1. The summed E-state index contributed by atoms with van der Waals surface area (Å²) in [5, 5.41) is 8.85. The van der Waals surface area contributed by atoms with Gasteiger partial charge < -0.3 is 5.73 Å². The first kappa shape index (κ1) is 11.1. The minimum atomic E-state index is 0.00398. The zero-order chi connectivity index (χ0) is 10.7. The van der Waals surface area contributed by atoms with Gasteiger partial charge in [0.25, 0.3) is 0 Å². The van der Waals surface area contributed by atoms with Crippen molar-refractivity contribution in [2.75, 3.05) is 12.0 Å². The molecule has 0 bridgehead atoms. The fourth-order valence-electron chi connectivity index (χ4n) is 1.04. The van der Waals surface area contributed by atoms with E-state index in [9.17, 15) is 4.79 Å². The van der Waals surface area contributed by atoms with Crippen molar-refractivity contribution in [2.24, 2.45) is 0 Å². The van der Waals surface area contributed by atoms with E-state index in [1.54, 1.807) is 6.92 Å². The van der Waals surface area contributed by atoms with Crippen molar-refractivity contribution in [3.63, 3.8) is 0 Å². The minimum absolute atomic E-state index is 0.00398. The second-order valence-corrected chi connectivity index (χ2v) is 4.70. The molecule has 2 N–H and O–H groups in total. The highest BCUT2D eigenvalue weighted by Gasteiger charge is 2.18. The minimum Gasteiger partial charge on any atom is -0.396 e. The number of thioether (sulfide) groups is 1. The van der Waals surface area contributed by atoms with Gasteiger partial charge in [-0.25, -0.2) is 0 Å². The van der Waals surface area contributed by atoms with Gasteiger partial charge >= 0.3 is 0 Å². The quantitative estimate of drug-likeness (QED) is 0.635. The molecule has 3 nitrogen and oxygen atoms in total. The zero-order valence-corrected chi connectivity index (χ0v) is 9.59. The van der Waals surface area contributed by atoms with Crippen LogP contribution >= 0.6 is 23.1 Å². The topological polar surface area (TPSA) is 66.9 Å². The van der Waals surface area contributed by atoms with Crippen LogP contribution in [0.25, 0.3) is 0 Å². The number of hydrogen-bond acceptors (Lipinski definition) is 5. The van der Waals surface area contributed by atoms with E-state index < -0.39 is 0 Å². The Bertz CT molecular complexity index is 404. The molecule has 0 atom stereocenters. The Morgan fingerprint density at radius 3 is 2.71 bits per heavy atom. The molecule has 0 amide bonds. The van der Waals surface area contributed by atoms with E-state index in [1.807, 2.05) is 12.3 Å². The first-order valence-electron chi connectivity index (χ1n) is 4.05. The highest BCUT2D eigenvalue weighted by atomic mass is 32.2. The van der Waals surface area contributed by atoms with Gasteiger partial charge in [0.15, 0.2) is 5.78 Å². The SMILES string of the molecule is CCC(=O)c1sc(SC)c(C#N)c1N. The normalized spacial score (nSPS) is 9.79. The Morgan fingerprint density at radius 1 is 1.71 bits per heavy atom. The van der Waals surface area contributed by atoms with Crippen molar-refractivity contribution < 1.29 is 4.79 Å². The summed E-state index contributed by atoms with van der Waals surface area (Å²) >= 11 is 2.76. The fraction of sp³-hybridized carbons (Fsp3) is 0.333. The molecule has 14 heavy (non-hydrogen) atoms. The number of nitrogen functional groups attached to an aromatic ring is 1. The van der Waals surface area contributed by atoms with Gasteiger partial charge in [0.1, 0.15) is 11.6 Å². The Labute approximate surface area is 90.9 Å². The highest BCUT2D eigenvalue weighted by molar-refractivity contribution is 8.00. The second kappa shape index (κ2) is 4.49. The molecule has 0 spiro atoms. The zero-order valence-electron chi connectivity index (χ0n) is 7.96. The highest BCUT2D eigenvalue weighted by Crippen LogP contribution is 2.37. The molecule has 5 heteroatoms. The number of carbonyl (C=O) groups excluding carboxylic acids is 1. The number of thiophene rings is 1. The van der Waals surface area contributed by atoms with E-state index in [0.29, 0.717) is 22.5 Å². The average molecular weight is 226 g/mol. The molecule has 0 unspecified atom stereocenters. The predicted octanol–water partition coefficient (Wildman–Crippen LogP) is 2.52. The molecule has 0 aliphatic heterocycles. The Hall–Kier alpha value is -0.990. The second-order valence-electron chi connectivity index (χ2n) is 2.60. The van der Waals surface area contributed by atoms with Crippen molar-refractivity contribution in [1.29, 1.82) is 5.26 Å². The lowest BCUT2D eigenvalue weighted by atomic mass is 10.2. The lowest BCUT2D eigenvalue weighted by Gasteiger charge is -1.93. The summed E-state index contributed by atoms with van der Waals surface area (Å²) in [6.45, 7) is 1.78. The van der Waals surface area contributed by atoms with Crippen molar-refractivity contribution in [3.8, 4) is 6.07 Å². The van der Waals surface area contributed by atoms with Crippen LogP contribution in [0.2, 0.25) is 0 Å². The van der Waals surface area contributed by atoms with Crippen molar-refractivity contribution >= 4 is 34.6 Å². The van der Waals surface area contributed by atoms with Gasteiger partial charge in [0.2, 0.25) is 0 Å². The smallest absolute Gasteiger partial charge is 0.174 e. The third kappa shape index (κ3) is 1.76. The maximum Gasteiger partial charge on any atom is 0.174 e. The number of nitrogens with two attached hydrogens (primary N) is 1. The third-order valence-electron chi connectivity index (χ3n) is 1.78. The number of nitriles is 1. The van der Waals surface area contributed by atoms with Crippen LogP contribution in [-0.4, -0.2) is 12.0 Å². The number of hydrogen-bond donors (Lipinski definition) is 1. The standard InChI is InChI=1S/C9H10N2OS2/c1-3-6(12)8-7(11)5(4-10)9(13-2)14-8/h3,11H2,1-2H3. The molecule has 0 radical (unpaired) electrons. The lowest BCUT2D eigenvalue weighted by Crippen LogP contribution is -1.98. The average Bonchev–Trinajstić information content (AvgIpc) is 2.53. The number of Topliss-reactive ketones (excluding diaryl/α,β-unsaturated/α-hetero) is 1. The number of anilines is 1. The van der Waals surface area contributed by atoms with Gasteiger partial charge in [-0.3, -0.25) is 4.79 Å². The monoisotopic (exact) mass is 226 g/mol. The fourth-order valence-corrected chi connectivity index (χ4v) is 2.90. The summed E-state index contributed by atoms with van der Waals surface area (Å²) in [6.07, 6.45) is 2.29. The molecule has 0 saturated carbocycles. The molecular weight excluding hydrogens is 216 g/mol. The van der Waals surface area contributed by atoms with Gasteiger partial charge in [-0.1, -0.05) is 6.92 Å². The summed E-state index contributed by atoms with van der Waals surface area (Å²) in [4.78, 5) is 12.0. The molecule has 0 fully saturated rings. The van der Waals surface area contributed by atoms with Crippen LogP contribution in [0.4, 0.5) is 5.69 Å². The van der Waals surface area contributed by atoms with E-state index in [4.69, 9.17) is 11.0 Å². The van der Waals surface area contributed by atoms with Crippen LogP contribution in [0.5, 0.6) is 0 Å². The maximum absolute atomic E-state index is 11.4. The molecule has 0 saturated heterocycles. The van der Waals surface area contributed by atoms with E-state index in [-0.39, 0.29) is 5.78 Å². The molecule has 0 aliphatic carbocycles. The Balaban J connectivity index is 3.29. The Morgan fingerprint density at radius 2 is 2.36 bits per heavy atom. The van der Waals surface area contributed by atoms with E-state index in [0.717, 1.165) is 4.21 Å². The summed E-state index contributed by atoms with van der Waals surface area (Å²) in [5.74, 6) is 0.00398. The molecule has 1 aromatic rings. The molecular formula is C9H10N2OS2. The van der Waals surface area contributed by atoms with E-state index in [1.165, 1.54) is 23.1 Å². The van der Waals surface area contributed by atoms with Crippen LogP contribution in [0.15, 0.2) is 4.21 Å². The predicted molar refractivity (Wildman–Crippen MR) is 59.8 cm³/mol. The molecule has 1 heterocycles. The van der Waals surface area contributed by atoms with Crippen molar-refractivity contribution in [1.82, 2.24) is 0 Å². The summed E-state index contributed by atoms with van der Waals surface area (Å²) < 4.78 is 0.821. The number of carbonyl (C=O) groups is 1. The largest absolute Gasteiger partial charge is 0.396 e. The molecule has 1 aromatic heterocycles. The first-order chi connectivity index (χ1) is 6.65.